The molecule has 2 aliphatic rings. The van der Waals surface area contributed by atoms with Crippen LogP contribution < -0.4 is 10.6 Å². The smallest absolute Gasteiger partial charge is 0.252 e. The fourth-order valence-corrected chi connectivity index (χ4v) is 7.39. The third-order valence-corrected chi connectivity index (χ3v) is 10.7. The van der Waals surface area contributed by atoms with Crippen LogP contribution in [0, 0.1) is 11.8 Å². The molecule has 1 aliphatic carbocycles. The van der Waals surface area contributed by atoms with Gasteiger partial charge in [0.2, 0.25) is 11.8 Å². The molecule has 0 aromatic heterocycles. The first-order chi connectivity index (χ1) is 24.6. The SMILES string of the molecule is CCCCC(=O)N[C@@H](C[C@H](O)[C@H](CC1CCCCC1)NC(=O)[C@H](CCCC)O[C@@H](Cc1ccccc1)C(=O)N1CCC(OCOC)CC1)C(C)C. The van der Waals surface area contributed by atoms with E-state index in [0.717, 1.165) is 56.9 Å². The van der Waals surface area contributed by atoms with Crippen LogP contribution in [-0.4, -0.2) is 91.2 Å². The molecule has 1 heterocycles. The van der Waals surface area contributed by atoms with Crippen molar-refractivity contribution in [1.29, 1.82) is 0 Å². The van der Waals surface area contributed by atoms with E-state index < -0.39 is 24.4 Å². The highest BCUT2D eigenvalue weighted by molar-refractivity contribution is 5.84. The summed E-state index contributed by atoms with van der Waals surface area (Å²) in [7, 11) is 1.60. The summed E-state index contributed by atoms with van der Waals surface area (Å²) in [6.07, 6.45) is 10.4. The van der Waals surface area contributed by atoms with Crippen molar-refractivity contribution in [3.63, 3.8) is 0 Å². The van der Waals surface area contributed by atoms with Crippen LogP contribution in [0.4, 0.5) is 0 Å². The number of likely N-dealkylation sites (tertiary alicyclic amines) is 1. The molecule has 3 amide bonds. The maximum Gasteiger partial charge on any atom is 0.252 e. The summed E-state index contributed by atoms with van der Waals surface area (Å²) in [5, 5.41) is 18.2. The number of rotatable bonds is 23. The van der Waals surface area contributed by atoms with Crippen molar-refractivity contribution in [3.8, 4) is 0 Å². The summed E-state index contributed by atoms with van der Waals surface area (Å²) in [5.41, 5.74) is 0.968. The van der Waals surface area contributed by atoms with E-state index in [2.05, 4.69) is 38.3 Å². The van der Waals surface area contributed by atoms with Gasteiger partial charge in [-0.05, 0) is 55.9 Å². The number of piperidine rings is 1. The van der Waals surface area contributed by atoms with Crippen LogP contribution in [-0.2, 0) is 35.0 Å². The zero-order valence-corrected chi connectivity index (χ0v) is 32.3. The largest absolute Gasteiger partial charge is 0.391 e. The van der Waals surface area contributed by atoms with Gasteiger partial charge in [0, 0.05) is 39.1 Å². The van der Waals surface area contributed by atoms with Crippen molar-refractivity contribution in [1.82, 2.24) is 15.5 Å². The van der Waals surface area contributed by atoms with Gasteiger partial charge >= 0.3 is 0 Å². The highest BCUT2D eigenvalue weighted by Crippen LogP contribution is 2.29. The predicted molar refractivity (Wildman–Crippen MR) is 201 cm³/mol. The maximum absolute atomic E-state index is 14.3. The van der Waals surface area contributed by atoms with E-state index in [1.54, 1.807) is 7.11 Å². The van der Waals surface area contributed by atoms with Gasteiger partial charge in [-0.25, -0.2) is 0 Å². The fourth-order valence-electron chi connectivity index (χ4n) is 7.39. The minimum atomic E-state index is -0.846. The number of nitrogens with one attached hydrogen (secondary N) is 2. The van der Waals surface area contributed by atoms with Gasteiger partial charge in [-0.15, -0.1) is 0 Å². The predicted octanol–water partition coefficient (Wildman–Crippen LogP) is 6.32. The summed E-state index contributed by atoms with van der Waals surface area (Å²) in [5.74, 6) is 0.140. The van der Waals surface area contributed by atoms with Crippen LogP contribution in [0.5, 0.6) is 0 Å². The summed E-state index contributed by atoms with van der Waals surface area (Å²) < 4.78 is 17.4. The molecule has 0 unspecified atom stereocenters. The van der Waals surface area contributed by atoms with Crippen LogP contribution in [0.2, 0.25) is 0 Å². The molecule has 1 saturated carbocycles. The molecule has 1 aromatic carbocycles. The second kappa shape index (κ2) is 23.9. The van der Waals surface area contributed by atoms with Gasteiger partial charge in [0.25, 0.3) is 5.91 Å². The van der Waals surface area contributed by atoms with Crippen LogP contribution >= 0.6 is 0 Å². The van der Waals surface area contributed by atoms with Gasteiger partial charge in [-0.2, -0.15) is 0 Å². The Hall–Kier alpha value is -2.53. The first kappa shape index (κ1) is 42.9. The quantitative estimate of drug-likeness (QED) is 0.113. The molecular formula is C41H69N3O7. The van der Waals surface area contributed by atoms with Crippen LogP contribution in [0.3, 0.4) is 0 Å². The Labute approximate surface area is 308 Å². The number of aliphatic hydroxyl groups is 1. The average Bonchev–Trinajstić information content (AvgIpc) is 3.14. The summed E-state index contributed by atoms with van der Waals surface area (Å²) in [6.45, 7) is 9.59. The molecule has 10 nitrogen and oxygen atoms in total. The number of benzene rings is 1. The molecule has 10 heteroatoms. The molecule has 1 aromatic rings. The van der Waals surface area contributed by atoms with Crippen molar-refractivity contribution >= 4 is 17.7 Å². The standard InChI is InChI=1S/C41H69N3O7/c1-6-8-20-37(51-38(27-32-18-14-11-15-19-32)41(48)44-24-22-33(23-25-44)50-29-49-5)40(47)43-35(26-31-16-12-10-13-17-31)36(45)28-34(30(3)4)42-39(46)21-9-7-2/h11,14-15,18-19,30-31,33-38,45H,6-10,12-13,16-17,20-29H2,1-5H3,(H,42,46)(H,43,47)/t34-,35-,36-,37-,38-/m0/s1. The molecule has 0 bridgehead atoms. The van der Waals surface area contributed by atoms with Gasteiger partial charge in [-0.1, -0.05) is 109 Å². The van der Waals surface area contributed by atoms with E-state index in [4.69, 9.17) is 14.2 Å². The maximum atomic E-state index is 14.3. The van der Waals surface area contributed by atoms with E-state index >= 15 is 0 Å². The van der Waals surface area contributed by atoms with Crippen LogP contribution in [0.15, 0.2) is 30.3 Å². The number of unbranched alkanes of at least 4 members (excludes halogenated alkanes) is 2. The van der Waals surface area contributed by atoms with E-state index in [1.807, 2.05) is 35.2 Å². The molecule has 3 rings (SSSR count). The number of nitrogens with zero attached hydrogens (tertiary/aromatic N) is 1. The normalized spacial score (nSPS) is 18.9. The Morgan fingerprint density at radius 2 is 1.59 bits per heavy atom. The Balaban J connectivity index is 1.80. The van der Waals surface area contributed by atoms with Crippen molar-refractivity contribution < 1.29 is 33.7 Å². The summed E-state index contributed by atoms with van der Waals surface area (Å²) in [4.78, 5) is 42.9. The van der Waals surface area contributed by atoms with E-state index in [9.17, 15) is 19.5 Å². The third kappa shape index (κ3) is 15.5. The Morgan fingerprint density at radius 1 is 0.902 bits per heavy atom. The number of hydrogen-bond acceptors (Lipinski definition) is 7. The van der Waals surface area contributed by atoms with Crippen molar-refractivity contribution in [2.24, 2.45) is 11.8 Å². The summed E-state index contributed by atoms with van der Waals surface area (Å²) >= 11 is 0. The third-order valence-electron chi connectivity index (χ3n) is 10.7. The second-order valence-electron chi connectivity index (χ2n) is 15.2. The Morgan fingerprint density at radius 3 is 2.22 bits per heavy atom. The lowest BCUT2D eigenvalue weighted by Gasteiger charge is -2.36. The van der Waals surface area contributed by atoms with Gasteiger partial charge in [0.05, 0.1) is 18.2 Å². The molecule has 51 heavy (non-hydrogen) atoms. The zero-order valence-electron chi connectivity index (χ0n) is 32.3. The topological polar surface area (TPSA) is 126 Å². The number of carbonyl (C=O) groups excluding carboxylic acids is 3. The molecule has 0 radical (unpaired) electrons. The number of carbonyl (C=O) groups is 3. The first-order valence-corrected chi connectivity index (χ1v) is 20.0. The van der Waals surface area contributed by atoms with Crippen LogP contribution in [0.25, 0.3) is 0 Å². The lowest BCUT2D eigenvalue weighted by molar-refractivity contribution is -0.157. The number of hydrogen-bond donors (Lipinski definition) is 3. The highest BCUT2D eigenvalue weighted by Gasteiger charge is 2.35. The average molecular weight is 716 g/mol. The Kier molecular flexibility index (Phi) is 20.1. The summed E-state index contributed by atoms with van der Waals surface area (Å²) in [6, 6.07) is 9.11. The van der Waals surface area contributed by atoms with Crippen molar-refractivity contribution in [3.05, 3.63) is 35.9 Å². The van der Waals surface area contributed by atoms with Gasteiger partial charge in [-0.3, -0.25) is 14.4 Å². The molecule has 5 atom stereocenters. The molecule has 0 spiro atoms. The zero-order chi connectivity index (χ0) is 37.0. The number of amides is 3. The van der Waals surface area contributed by atoms with Gasteiger partial charge < -0.3 is 34.9 Å². The number of ether oxygens (including phenoxy) is 3. The molecule has 1 saturated heterocycles. The molecule has 2 fully saturated rings. The number of aliphatic hydroxyl groups excluding tert-OH is 1. The molecule has 1 aliphatic heterocycles. The Bertz CT molecular complexity index is 1120. The first-order valence-electron chi connectivity index (χ1n) is 20.0. The molecular weight excluding hydrogens is 646 g/mol. The van der Waals surface area contributed by atoms with E-state index in [1.165, 1.54) is 6.42 Å². The molecule has 290 valence electrons. The second-order valence-corrected chi connectivity index (χ2v) is 15.2. The fraction of sp³-hybridized carbons (Fsp3) is 0.780. The minimum Gasteiger partial charge on any atom is -0.391 e. The monoisotopic (exact) mass is 716 g/mol. The van der Waals surface area contributed by atoms with Gasteiger partial charge in [0.1, 0.15) is 19.0 Å². The van der Waals surface area contributed by atoms with E-state index in [-0.39, 0.29) is 42.6 Å². The molecule has 3 N–H and O–H groups in total. The lowest BCUT2D eigenvalue weighted by Crippen LogP contribution is -2.53. The van der Waals surface area contributed by atoms with Crippen LogP contribution in [0.1, 0.15) is 130 Å². The minimum absolute atomic E-state index is 0.00417. The highest BCUT2D eigenvalue weighted by atomic mass is 16.7. The van der Waals surface area contributed by atoms with Crippen molar-refractivity contribution in [2.45, 2.75) is 167 Å². The number of methoxy groups -OCH3 is 1. The lowest BCUT2D eigenvalue weighted by atomic mass is 9.82. The van der Waals surface area contributed by atoms with E-state index in [0.29, 0.717) is 64.0 Å². The van der Waals surface area contributed by atoms with Gasteiger partial charge in [0.15, 0.2) is 0 Å². The van der Waals surface area contributed by atoms with Crippen molar-refractivity contribution in [2.75, 3.05) is 27.0 Å².